The molecule has 158 valence electrons. The molecule has 1 amide bonds. The molecule has 1 N–H and O–H groups in total. The van der Waals surface area contributed by atoms with E-state index in [1.165, 1.54) is 11.8 Å². The highest BCUT2D eigenvalue weighted by Gasteiger charge is 2.48. The maximum Gasteiger partial charge on any atom is 0.329 e. The highest BCUT2D eigenvalue weighted by molar-refractivity contribution is 8.15. The zero-order valence-electron chi connectivity index (χ0n) is 15.8. The van der Waals surface area contributed by atoms with E-state index in [9.17, 15) is 18.0 Å². The third-order valence-corrected chi connectivity index (χ3v) is 7.89. The van der Waals surface area contributed by atoms with Crippen molar-refractivity contribution >= 4 is 38.6 Å². The number of thioether (sulfide) groups is 1. The number of carboxylic acids is 1. The largest absolute Gasteiger partial charge is 0.497 e. The van der Waals surface area contributed by atoms with Crippen molar-refractivity contribution in [2.45, 2.75) is 17.7 Å². The van der Waals surface area contributed by atoms with Crippen molar-refractivity contribution in [2.75, 3.05) is 38.4 Å². The van der Waals surface area contributed by atoms with E-state index in [4.69, 9.17) is 14.6 Å². The number of amides is 1. The van der Waals surface area contributed by atoms with Crippen molar-refractivity contribution in [3.05, 3.63) is 29.8 Å². The number of fused-ring (bicyclic) bond motifs is 1. The van der Waals surface area contributed by atoms with Crippen LogP contribution in [0.3, 0.4) is 0 Å². The molecule has 1 aromatic carbocycles. The molecule has 0 aromatic heterocycles. The predicted molar refractivity (Wildman–Crippen MR) is 108 cm³/mol. The number of amidine groups is 1. The van der Waals surface area contributed by atoms with Crippen LogP contribution in [0.4, 0.5) is 0 Å². The van der Waals surface area contributed by atoms with E-state index >= 15 is 0 Å². The molecule has 2 aliphatic rings. The van der Waals surface area contributed by atoms with E-state index in [2.05, 4.69) is 4.99 Å². The summed E-state index contributed by atoms with van der Waals surface area (Å²) in [5.74, 6) is -0.908. The zero-order chi connectivity index (χ0) is 21.0. The number of hydrogen-bond acceptors (Lipinski definition) is 7. The minimum atomic E-state index is -3.11. The molecule has 2 heterocycles. The van der Waals surface area contributed by atoms with Crippen LogP contribution in [0, 0.1) is 0 Å². The first-order valence-electron chi connectivity index (χ1n) is 8.95. The summed E-state index contributed by atoms with van der Waals surface area (Å²) < 4.78 is 34.0. The maximum atomic E-state index is 12.0. The normalized spacial score (nSPS) is 23.9. The van der Waals surface area contributed by atoms with E-state index < -0.39 is 34.9 Å². The van der Waals surface area contributed by atoms with Gasteiger partial charge in [-0.3, -0.25) is 4.79 Å². The average Bonchev–Trinajstić information content (AvgIpc) is 3.11. The van der Waals surface area contributed by atoms with Crippen molar-refractivity contribution in [1.29, 1.82) is 0 Å². The molecular formula is C18H22N2O7S2. The van der Waals surface area contributed by atoms with Crippen LogP contribution in [0.2, 0.25) is 0 Å². The van der Waals surface area contributed by atoms with Gasteiger partial charge in [0.05, 0.1) is 24.7 Å². The molecular weight excluding hydrogens is 420 g/mol. The minimum Gasteiger partial charge on any atom is -0.497 e. The number of aliphatic carboxylic acids is 1. The van der Waals surface area contributed by atoms with Crippen LogP contribution in [0.15, 0.2) is 29.3 Å². The number of ether oxygens (including phenoxy) is 2. The molecule has 2 saturated heterocycles. The number of aliphatic imine (C=N–C) groups is 1. The molecule has 0 saturated carbocycles. The van der Waals surface area contributed by atoms with Gasteiger partial charge in [0.15, 0.2) is 15.0 Å². The standard InChI is InChI=1S/C18H22N2O7S2/c1-26-13-4-2-12(3-5-13)6-7-20-14-10-29(24,25)11-15(14)28-18(20)19-16(21)8-27-9-17(22)23/h2-5,14-15H,6-11H2,1H3,(H,22,23)/t14-,15-/m0/s1. The summed E-state index contributed by atoms with van der Waals surface area (Å²) in [5.41, 5.74) is 1.05. The van der Waals surface area contributed by atoms with Crippen molar-refractivity contribution in [3.63, 3.8) is 0 Å². The van der Waals surface area contributed by atoms with Crippen LogP contribution in [0.5, 0.6) is 5.75 Å². The molecule has 0 aliphatic carbocycles. The maximum absolute atomic E-state index is 12.0. The number of carbonyl (C=O) groups excluding carboxylic acids is 1. The minimum absolute atomic E-state index is 0.0377. The summed E-state index contributed by atoms with van der Waals surface area (Å²) >= 11 is 1.29. The third kappa shape index (κ3) is 5.71. The van der Waals surface area contributed by atoms with Gasteiger partial charge in [-0.1, -0.05) is 23.9 Å². The third-order valence-electron chi connectivity index (χ3n) is 4.65. The fourth-order valence-electron chi connectivity index (χ4n) is 3.30. The van der Waals surface area contributed by atoms with Crippen LogP contribution < -0.4 is 4.74 Å². The van der Waals surface area contributed by atoms with Crippen molar-refractivity contribution in [3.8, 4) is 5.75 Å². The second kappa shape index (κ2) is 9.14. The Labute approximate surface area is 173 Å². The second-order valence-corrected chi connectivity index (χ2v) is 10.1. The first-order valence-corrected chi connectivity index (χ1v) is 11.7. The SMILES string of the molecule is COc1ccc(CCN2C(=NC(=O)COCC(=O)O)S[C@H]3CS(=O)(=O)C[C@@H]32)cc1. The van der Waals surface area contributed by atoms with Gasteiger partial charge in [0, 0.05) is 11.8 Å². The topological polar surface area (TPSA) is 123 Å². The van der Waals surface area contributed by atoms with Crippen molar-refractivity contribution in [1.82, 2.24) is 4.90 Å². The Morgan fingerprint density at radius 1 is 1.24 bits per heavy atom. The highest BCUT2D eigenvalue weighted by atomic mass is 32.2. The fourth-order valence-corrected chi connectivity index (χ4v) is 7.30. The molecule has 0 radical (unpaired) electrons. The van der Waals surface area contributed by atoms with Gasteiger partial charge in [0.1, 0.15) is 19.0 Å². The number of hydrogen-bond donors (Lipinski definition) is 1. The fraction of sp³-hybridized carbons (Fsp3) is 0.500. The summed E-state index contributed by atoms with van der Waals surface area (Å²) in [6.07, 6.45) is 0.649. The molecule has 9 nitrogen and oxygen atoms in total. The van der Waals surface area contributed by atoms with Gasteiger partial charge in [0.2, 0.25) is 0 Å². The van der Waals surface area contributed by atoms with Gasteiger partial charge >= 0.3 is 5.97 Å². The lowest BCUT2D eigenvalue weighted by molar-refractivity contribution is -0.143. The van der Waals surface area contributed by atoms with E-state index in [0.29, 0.717) is 18.1 Å². The first-order chi connectivity index (χ1) is 13.8. The molecule has 0 spiro atoms. The molecule has 2 fully saturated rings. The Bertz CT molecular complexity index is 899. The molecule has 0 bridgehead atoms. The number of carbonyl (C=O) groups is 2. The van der Waals surface area contributed by atoms with E-state index in [1.807, 2.05) is 29.2 Å². The lowest BCUT2D eigenvalue weighted by atomic mass is 10.1. The number of carboxylic acid groups (broad SMARTS) is 1. The number of sulfone groups is 1. The van der Waals surface area contributed by atoms with Gasteiger partial charge < -0.3 is 19.5 Å². The Hall–Kier alpha value is -2.11. The molecule has 11 heteroatoms. The van der Waals surface area contributed by atoms with Gasteiger partial charge in [-0.25, -0.2) is 13.2 Å². The van der Waals surface area contributed by atoms with Crippen LogP contribution >= 0.6 is 11.8 Å². The van der Waals surface area contributed by atoms with Gasteiger partial charge in [-0.2, -0.15) is 4.99 Å². The van der Waals surface area contributed by atoms with Crippen molar-refractivity contribution < 1.29 is 32.6 Å². The summed E-state index contributed by atoms with van der Waals surface area (Å²) in [4.78, 5) is 28.5. The molecule has 2 atom stereocenters. The molecule has 0 unspecified atom stereocenters. The Morgan fingerprint density at radius 2 is 1.97 bits per heavy atom. The number of methoxy groups -OCH3 is 1. The predicted octanol–water partition coefficient (Wildman–Crippen LogP) is 0.436. The summed E-state index contributed by atoms with van der Waals surface area (Å²) in [5, 5.41) is 8.87. The molecule has 2 aliphatic heterocycles. The molecule has 3 rings (SSSR count). The zero-order valence-corrected chi connectivity index (χ0v) is 17.4. The quantitative estimate of drug-likeness (QED) is 0.611. The Morgan fingerprint density at radius 3 is 2.62 bits per heavy atom. The van der Waals surface area contributed by atoms with Gasteiger partial charge in [-0.05, 0) is 24.1 Å². The van der Waals surface area contributed by atoms with Gasteiger partial charge in [0.25, 0.3) is 5.91 Å². The number of nitrogens with zero attached hydrogens (tertiary/aromatic N) is 2. The van der Waals surface area contributed by atoms with E-state index in [-0.39, 0.29) is 22.8 Å². The molecule has 1 aromatic rings. The number of rotatable bonds is 8. The first kappa shape index (κ1) is 21.6. The Kier molecular flexibility index (Phi) is 6.81. The second-order valence-electron chi connectivity index (χ2n) is 6.77. The summed E-state index contributed by atoms with van der Waals surface area (Å²) in [6, 6.07) is 7.36. The highest BCUT2D eigenvalue weighted by Crippen LogP contribution is 2.38. The molecule has 29 heavy (non-hydrogen) atoms. The van der Waals surface area contributed by atoms with E-state index in [1.54, 1.807) is 7.11 Å². The lowest BCUT2D eigenvalue weighted by Crippen LogP contribution is -2.39. The summed E-state index contributed by atoms with van der Waals surface area (Å²) in [7, 11) is -1.52. The van der Waals surface area contributed by atoms with Crippen LogP contribution in [0.25, 0.3) is 0 Å². The van der Waals surface area contributed by atoms with Crippen LogP contribution in [-0.4, -0.2) is 85.1 Å². The smallest absolute Gasteiger partial charge is 0.329 e. The number of benzene rings is 1. The monoisotopic (exact) mass is 442 g/mol. The summed E-state index contributed by atoms with van der Waals surface area (Å²) in [6.45, 7) is -0.497. The van der Waals surface area contributed by atoms with Crippen LogP contribution in [0.1, 0.15) is 5.56 Å². The Balaban J connectivity index is 1.70. The average molecular weight is 443 g/mol. The van der Waals surface area contributed by atoms with Gasteiger partial charge in [-0.15, -0.1) is 0 Å². The van der Waals surface area contributed by atoms with Crippen LogP contribution in [-0.2, 0) is 30.6 Å². The van der Waals surface area contributed by atoms with Crippen molar-refractivity contribution in [2.24, 2.45) is 4.99 Å². The lowest BCUT2D eigenvalue weighted by Gasteiger charge is -2.24. The van der Waals surface area contributed by atoms with E-state index in [0.717, 1.165) is 11.3 Å².